The first-order valence-corrected chi connectivity index (χ1v) is 7.87. The highest BCUT2D eigenvalue weighted by Gasteiger charge is 2.28. The number of furan rings is 1. The van der Waals surface area contributed by atoms with Crippen LogP contribution in [0.1, 0.15) is 24.4 Å². The molecule has 2 unspecified atom stereocenters. The molecule has 1 aromatic heterocycles. The lowest BCUT2D eigenvalue weighted by Crippen LogP contribution is -2.48. The molecule has 1 aromatic carbocycles. The van der Waals surface area contributed by atoms with Crippen LogP contribution in [0.2, 0.25) is 5.02 Å². The minimum absolute atomic E-state index is 0.0107. The number of hydrogen-bond acceptors (Lipinski definition) is 4. The number of halogens is 1. The number of ether oxygens (including phenoxy) is 2. The maximum Gasteiger partial charge on any atom is 0.290 e. The van der Waals surface area contributed by atoms with E-state index in [-0.39, 0.29) is 29.8 Å². The molecule has 1 fully saturated rings. The maximum absolute atomic E-state index is 12.5. The molecular formula is C17H18ClNO4. The second-order valence-corrected chi connectivity index (χ2v) is 6.03. The normalized spacial score (nSPS) is 21.3. The van der Waals surface area contributed by atoms with Crippen molar-refractivity contribution in [3.05, 3.63) is 47.2 Å². The zero-order valence-corrected chi connectivity index (χ0v) is 13.7. The first-order valence-electron chi connectivity index (χ1n) is 7.50. The monoisotopic (exact) mass is 335 g/mol. The van der Waals surface area contributed by atoms with Crippen molar-refractivity contribution in [3.63, 3.8) is 0 Å². The van der Waals surface area contributed by atoms with Crippen molar-refractivity contribution in [2.45, 2.75) is 26.1 Å². The predicted molar refractivity (Wildman–Crippen MR) is 86.1 cm³/mol. The van der Waals surface area contributed by atoms with Crippen LogP contribution in [0.5, 0.6) is 11.7 Å². The van der Waals surface area contributed by atoms with Gasteiger partial charge in [-0.15, -0.1) is 0 Å². The van der Waals surface area contributed by atoms with Crippen LogP contribution in [-0.4, -0.2) is 36.1 Å². The van der Waals surface area contributed by atoms with Crippen LogP contribution in [0.3, 0.4) is 0 Å². The van der Waals surface area contributed by atoms with Crippen molar-refractivity contribution in [2.24, 2.45) is 0 Å². The molecule has 6 heteroatoms. The van der Waals surface area contributed by atoms with Gasteiger partial charge in [-0.1, -0.05) is 23.7 Å². The number of benzene rings is 1. The second kappa shape index (κ2) is 6.64. The molecule has 0 bridgehead atoms. The van der Waals surface area contributed by atoms with Crippen LogP contribution in [0.4, 0.5) is 0 Å². The number of para-hydroxylation sites is 1. The number of nitrogens with zero attached hydrogens (tertiary/aromatic N) is 1. The van der Waals surface area contributed by atoms with Crippen molar-refractivity contribution < 1.29 is 18.7 Å². The molecule has 1 aliphatic heterocycles. The fourth-order valence-corrected chi connectivity index (χ4v) is 2.80. The summed E-state index contributed by atoms with van der Waals surface area (Å²) in [6.45, 7) is 4.99. The molecule has 2 atom stereocenters. The number of hydrogen-bond donors (Lipinski definition) is 0. The highest BCUT2D eigenvalue weighted by Crippen LogP contribution is 2.30. The molecule has 0 N–H and O–H groups in total. The zero-order valence-electron chi connectivity index (χ0n) is 13.0. The molecule has 3 rings (SSSR count). The van der Waals surface area contributed by atoms with Crippen molar-refractivity contribution >= 4 is 17.5 Å². The van der Waals surface area contributed by atoms with Gasteiger partial charge in [-0.2, -0.15) is 0 Å². The van der Waals surface area contributed by atoms with Gasteiger partial charge in [0.1, 0.15) is 5.75 Å². The van der Waals surface area contributed by atoms with Crippen LogP contribution >= 0.6 is 11.6 Å². The third kappa shape index (κ3) is 3.68. The minimum Gasteiger partial charge on any atom is -0.424 e. The molecule has 1 saturated heterocycles. The van der Waals surface area contributed by atoms with Crippen LogP contribution in [-0.2, 0) is 4.74 Å². The molecule has 122 valence electrons. The lowest BCUT2D eigenvalue weighted by atomic mass is 10.2. The van der Waals surface area contributed by atoms with E-state index in [4.69, 9.17) is 25.5 Å². The molecule has 1 amide bonds. The standard InChI is InChI=1S/C17H18ClNO4/c1-11-9-19(10-12(2)21-11)17(20)15-7-8-16(23-15)22-14-6-4-3-5-13(14)18/h3-8,11-12H,9-10H2,1-2H3. The third-order valence-electron chi connectivity index (χ3n) is 3.55. The Bertz CT molecular complexity index is 689. The van der Waals surface area contributed by atoms with Gasteiger partial charge in [0.15, 0.2) is 5.76 Å². The van der Waals surface area contributed by atoms with E-state index in [9.17, 15) is 4.79 Å². The Kier molecular flexibility index (Phi) is 4.59. The van der Waals surface area contributed by atoms with Gasteiger partial charge in [0.05, 0.1) is 17.2 Å². The first-order chi connectivity index (χ1) is 11.0. The van der Waals surface area contributed by atoms with E-state index < -0.39 is 0 Å². The summed E-state index contributed by atoms with van der Waals surface area (Å²) in [4.78, 5) is 14.3. The third-order valence-corrected chi connectivity index (χ3v) is 3.86. The Balaban J connectivity index is 1.71. The van der Waals surface area contributed by atoms with Gasteiger partial charge < -0.3 is 18.8 Å². The fourth-order valence-electron chi connectivity index (χ4n) is 2.63. The van der Waals surface area contributed by atoms with Crippen molar-refractivity contribution in [1.29, 1.82) is 0 Å². The Morgan fingerprint density at radius 2 is 1.87 bits per heavy atom. The van der Waals surface area contributed by atoms with E-state index in [0.717, 1.165) is 0 Å². The molecule has 23 heavy (non-hydrogen) atoms. The van der Waals surface area contributed by atoms with Crippen LogP contribution < -0.4 is 4.74 Å². The average molecular weight is 336 g/mol. The van der Waals surface area contributed by atoms with Gasteiger partial charge in [-0.05, 0) is 32.0 Å². The Labute approximate surface area is 139 Å². The van der Waals surface area contributed by atoms with Crippen LogP contribution in [0, 0.1) is 0 Å². The Morgan fingerprint density at radius 3 is 2.57 bits per heavy atom. The fraction of sp³-hybridized carbons (Fsp3) is 0.353. The SMILES string of the molecule is CC1CN(C(=O)c2ccc(Oc3ccccc3Cl)o2)CC(C)O1. The minimum atomic E-state index is -0.166. The average Bonchev–Trinajstić information content (AvgIpc) is 2.96. The van der Waals surface area contributed by atoms with Gasteiger partial charge in [0.25, 0.3) is 11.9 Å². The van der Waals surface area contributed by atoms with Gasteiger partial charge in [0, 0.05) is 19.2 Å². The molecule has 2 heterocycles. The van der Waals surface area contributed by atoms with E-state index in [0.29, 0.717) is 23.9 Å². The first kappa shape index (κ1) is 15.9. The second-order valence-electron chi connectivity index (χ2n) is 5.62. The number of amides is 1. The van der Waals surface area contributed by atoms with Crippen molar-refractivity contribution in [2.75, 3.05) is 13.1 Å². The van der Waals surface area contributed by atoms with Gasteiger partial charge >= 0.3 is 0 Å². The predicted octanol–water partition coefficient (Wildman–Crippen LogP) is 3.97. The van der Waals surface area contributed by atoms with Crippen molar-refractivity contribution in [1.82, 2.24) is 4.90 Å². The molecule has 0 aliphatic carbocycles. The Hall–Kier alpha value is -1.98. The highest BCUT2D eigenvalue weighted by atomic mass is 35.5. The lowest BCUT2D eigenvalue weighted by molar-refractivity contribution is -0.0592. The zero-order chi connectivity index (χ0) is 16.4. The molecule has 0 spiro atoms. The summed E-state index contributed by atoms with van der Waals surface area (Å²) in [5.74, 6) is 0.793. The summed E-state index contributed by atoms with van der Waals surface area (Å²) in [7, 11) is 0. The van der Waals surface area contributed by atoms with Gasteiger partial charge in [0.2, 0.25) is 0 Å². The van der Waals surface area contributed by atoms with Crippen LogP contribution in [0.25, 0.3) is 0 Å². The van der Waals surface area contributed by atoms with E-state index in [1.165, 1.54) is 0 Å². The molecule has 1 aliphatic rings. The number of carbonyl (C=O) groups is 1. The molecular weight excluding hydrogens is 318 g/mol. The maximum atomic E-state index is 12.5. The summed E-state index contributed by atoms with van der Waals surface area (Å²) in [5, 5.41) is 0.479. The van der Waals surface area contributed by atoms with E-state index in [2.05, 4.69) is 0 Å². The number of carbonyl (C=O) groups excluding carboxylic acids is 1. The topological polar surface area (TPSA) is 51.9 Å². The quantitative estimate of drug-likeness (QED) is 0.851. The lowest BCUT2D eigenvalue weighted by Gasteiger charge is -2.34. The van der Waals surface area contributed by atoms with Gasteiger partial charge in [-0.3, -0.25) is 4.79 Å². The van der Waals surface area contributed by atoms with Crippen molar-refractivity contribution in [3.8, 4) is 11.7 Å². The summed E-state index contributed by atoms with van der Waals surface area (Å²) >= 11 is 6.04. The largest absolute Gasteiger partial charge is 0.424 e. The van der Waals surface area contributed by atoms with E-state index in [1.54, 1.807) is 29.2 Å². The summed E-state index contributed by atoms with van der Waals surface area (Å²) in [5.41, 5.74) is 0. The van der Waals surface area contributed by atoms with Crippen LogP contribution in [0.15, 0.2) is 40.8 Å². The molecule has 0 radical (unpaired) electrons. The number of rotatable bonds is 3. The molecule has 5 nitrogen and oxygen atoms in total. The summed E-state index contributed by atoms with van der Waals surface area (Å²) in [6.07, 6.45) is 0.0213. The van der Waals surface area contributed by atoms with E-state index in [1.807, 2.05) is 26.0 Å². The smallest absolute Gasteiger partial charge is 0.290 e. The molecule has 0 saturated carbocycles. The Morgan fingerprint density at radius 1 is 1.17 bits per heavy atom. The molecule has 2 aromatic rings. The number of morpholine rings is 1. The van der Waals surface area contributed by atoms with Gasteiger partial charge in [-0.25, -0.2) is 0 Å². The van der Waals surface area contributed by atoms with E-state index >= 15 is 0 Å². The highest BCUT2D eigenvalue weighted by molar-refractivity contribution is 6.32. The summed E-state index contributed by atoms with van der Waals surface area (Å²) < 4.78 is 16.7. The summed E-state index contributed by atoms with van der Waals surface area (Å²) in [6, 6.07) is 10.3.